The van der Waals surface area contributed by atoms with Gasteiger partial charge in [-0.25, -0.2) is 4.79 Å². The Morgan fingerprint density at radius 3 is 2.00 bits per heavy atom. The van der Waals surface area contributed by atoms with Gasteiger partial charge < -0.3 is 10.4 Å². The highest BCUT2D eigenvalue weighted by Gasteiger charge is 2.28. The van der Waals surface area contributed by atoms with E-state index in [4.69, 9.17) is 5.11 Å². The molecule has 7 heteroatoms. The van der Waals surface area contributed by atoms with Crippen LogP contribution in [0.1, 0.15) is 13.8 Å². The molecule has 0 fully saturated rings. The second kappa shape index (κ2) is 4.81. The summed E-state index contributed by atoms with van der Waals surface area (Å²) in [5.41, 5.74) is -0.526. The highest BCUT2D eigenvalue weighted by Crippen LogP contribution is 2.13. The number of carboxylic acids is 1. The van der Waals surface area contributed by atoms with Crippen LogP contribution in [0.25, 0.3) is 0 Å². The van der Waals surface area contributed by atoms with Crippen LogP contribution in [0, 0.1) is 0 Å². The van der Waals surface area contributed by atoms with Crippen molar-refractivity contribution in [1.82, 2.24) is 5.32 Å². The van der Waals surface area contributed by atoms with Gasteiger partial charge in [-0.3, -0.25) is 4.79 Å². The quantitative estimate of drug-likeness (QED) is 0.706. The molecule has 2 N–H and O–H groups in total. The van der Waals surface area contributed by atoms with E-state index in [1.165, 1.54) is 0 Å². The second-order valence-corrected chi connectivity index (χ2v) is 2.85. The molecule has 0 spiro atoms. The minimum Gasteiger partial charge on any atom is -0.478 e. The van der Waals surface area contributed by atoms with Gasteiger partial charge in [0.1, 0.15) is 6.54 Å². The van der Waals surface area contributed by atoms with Crippen LogP contribution in [-0.2, 0) is 9.59 Å². The minimum absolute atomic E-state index is 0.244. The molecule has 0 unspecified atom stereocenters. The highest BCUT2D eigenvalue weighted by molar-refractivity contribution is 6.01. The van der Waals surface area contributed by atoms with Crippen molar-refractivity contribution >= 4 is 11.9 Å². The molecule has 0 aromatic heterocycles. The molecule has 15 heavy (non-hydrogen) atoms. The van der Waals surface area contributed by atoms with Crippen molar-refractivity contribution in [2.75, 3.05) is 6.54 Å². The molecule has 0 aromatic carbocycles. The number of amides is 1. The predicted octanol–water partition coefficient (Wildman–Crippen LogP) is 1.09. The van der Waals surface area contributed by atoms with Gasteiger partial charge in [0.05, 0.1) is 0 Å². The topological polar surface area (TPSA) is 66.4 Å². The Labute approximate surface area is 83.8 Å². The summed E-state index contributed by atoms with van der Waals surface area (Å²) in [6.45, 7) is 0.816. The number of aliphatic carboxylic acids is 1. The summed E-state index contributed by atoms with van der Waals surface area (Å²) in [6.07, 6.45) is -4.51. The molecule has 0 saturated heterocycles. The van der Waals surface area contributed by atoms with Crippen molar-refractivity contribution in [2.24, 2.45) is 0 Å². The highest BCUT2D eigenvalue weighted by atomic mass is 19.4. The van der Waals surface area contributed by atoms with Crippen molar-refractivity contribution in [3.63, 3.8) is 0 Å². The third kappa shape index (κ3) is 5.04. The number of carbonyl (C=O) groups is 2. The molecule has 0 rings (SSSR count). The Morgan fingerprint density at radius 2 is 1.67 bits per heavy atom. The fourth-order valence-corrected chi connectivity index (χ4v) is 0.644. The molecular formula is C8H10F3NO3. The summed E-state index contributed by atoms with van der Waals surface area (Å²) in [5, 5.41) is 10.0. The first-order valence-electron chi connectivity index (χ1n) is 3.91. The van der Waals surface area contributed by atoms with Crippen LogP contribution < -0.4 is 5.32 Å². The summed E-state index contributed by atoms with van der Waals surface area (Å²) in [7, 11) is 0. The van der Waals surface area contributed by atoms with E-state index in [-0.39, 0.29) is 11.1 Å². The lowest BCUT2D eigenvalue weighted by atomic mass is 10.1. The predicted molar refractivity (Wildman–Crippen MR) is 45.1 cm³/mol. The fraction of sp³-hybridized carbons (Fsp3) is 0.500. The number of hydrogen-bond donors (Lipinski definition) is 2. The maximum absolute atomic E-state index is 11.7. The maximum atomic E-state index is 11.7. The zero-order valence-corrected chi connectivity index (χ0v) is 8.10. The van der Waals surface area contributed by atoms with Gasteiger partial charge in [0.15, 0.2) is 0 Å². The summed E-state index contributed by atoms with van der Waals surface area (Å²) in [4.78, 5) is 21.4. The average Bonchev–Trinajstić information content (AvgIpc) is 2.10. The molecule has 86 valence electrons. The Bertz CT molecular complexity index is 307. The van der Waals surface area contributed by atoms with Gasteiger partial charge in [-0.1, -0.05) is 0 Å². The number of halogens is 3. The summed E-state index contributed by atoms with van der Waals surface area (Å²) in [5.74, 6) is -2.37. The standard InChI is InChI=1S/C8H10F3NO3/c1-4(5(2)7(14)15)6(13)12-3-8(9,10)11/h3H2,1-2H3,(H,12,13)(H,14,15). The van der Waals surface area contributed by atoms with Crippen molar-refractivity contribution in [3.05, 3.63) is 11.1 Å². The lowest BCUT2D eigenvalue weighted by Crippen LogP contribution is -2.34. The van der Waals surface area contributed by atoms with Gasteiger partial charge in [-0.05, 0) is 13.8 Å². The largest absolute Gasteiger partial charge is 0.478 e. The van der Waals surface area contributed by atoms with E-state index >= 15 is 0 Å². The Hall–Kier alpha value is -1.53. The molecule has 1 amide bonds. The fourth-order valence-electron chi connectivity index (χ4n) is 0.644. The molecule has 4 nitrogen and oxygen atoms in total. The zero-order valence-electron chi connectivity index (χ0n) is 8.10. The Morgan fingerprint density at radius 1 is 1.20 bits per heavy atom. The molecule has 0 saturated carbocycles. The smallest absolute Gasteiger partial charge is 0.405 e. The van der Waals surface area contributed by atoms with E-state index in [0.717, 1.165) is 13.8 Å². The number of carbonyl (C=O) groups excluding carboxylic acids is 1. The van der Waals surface area contributed by atoms with Gasteiger partial charge in [0, 0.05) is 11.1 Å². The van der Waals surface area contributed by atoms with Crippen molar-refractivity contribution in [1.29, 1.82) is 0 Å². The average molecular weight is 225 g/mol. The van der Waals surface area contributed by atoms with E-state index in [1.807, 2.05) is 0 Å². The number of alkyl halides is 3. The molecule has 0 radical (unpaired) electrons. The lowest BCUT2D eigenvalue weighted by molar-refractivity contribution is -0.136. The first-order valence-corrected chi connectivity index (χ1v) is 3.91. The third-order valence-corrected chi connectivity index (χ3v) is 1.67. The SMILES string of the molecule is CC(C(=O)O)=C(C)C(=O)NCC(F)(F)F. The molecule has 0 aromatic rings. The first-order chi connectivity index (χ1) is 6.65. The second-order valence-electron chi connectivity index (χ2n) is 2.85. The van der Waals surface area contributed by atoms with Crippen LogP contribution in [-0.4, -0.2) is 29.7 Å². The molecule has 0 aliphatic rings. The normalized spacial score (nSPS) is 13.1. The van der Waals surface area contributed by atoms with E-state index in [2.05, 4.69) is 0 Å². The van der Waals surface area contributed by atoms with Gasteiger partial charge in [-0.15, -0.1) is 0 Å². The Balaban J connectivity index is 4.48. The van der Waals surface area contributed by atoms with Gasteiger partial charge in [-0.2, -0.15) is 13.2 Å². The van der Waals surface area contributed by atoms with Crippen LogP contribution in [0.4, 0.5) is 13.2 Å². The van der Waals surface area contributed by atoms with Crippen LogP contribution in [0.3, 0.4) is 0 Å². The molecule has 0 heterocycles. The van der Waals surface area contributed by atoms with E-state index in [9.17, 15) is 22.8 Å². The van der Waals surface area contributed by atoms with Gasteiger partial charge >= 0.3 is 12.1 Å². The van der Waals surface area contributed by atoms with E-state index in [0.29, 0.717) is 0 Å². The first kappa shape index (κ1) is 13.5. The molecule has 0 aliphatic carbocycles. The lowest BCUT2D eigenvalue weighted by Gasteiger charge is -2.09. The number of hydrogen-bond acceptors (Lipinski definition) is 2. The van der Waals surface area contributed by atoms with E-state index in [1.54, 1.807) is 5.32 Å². The summed E-state index contributed by atoms with van der Waals surface area (Å²) in [6, 6.07) is 0. The van der Waals surface area contributed by atoms with Crippen LogP contribution in [0.5, 0.6) is 0 Å². The van der Waals surface area contributed by atoms with Crippen molar-refractivity contribution in [3.8, 4) is 0 Å². The third-order valence-electron chi connectivity index (χ3n) is 1.67. The van der Waals surface area contributed by atoms with Crippen molar-refractivity contribution < 1.29 is 27.9 Å². The zero-order chi connectivity index (χ0) is 12.2. The molecule has 0 aliphatic heterocycles. The van der Waals surface area contributed by atoms with Crippen LogP contribution >= 0.6 is 0 Å². The number of carboxylic acid groups (broad SMARTS) is 1. The summed E-state index contributed by atoms with van der Waals surface area (Å²) < 4.78 is 35.1. The molecular weight excluding hydrogens is 215 g/mol. The minimum atomic E-state index is -4.51. The molecule has 0 bridgehead atoms. The van der Waals surface area contributed by atoms with Gasteiger partial charge in [0.25, 0.3) is 0 Å². The molecule has 0 atom stereocenters. The number of rotatable bonds is 3. The summed E-state index contributed by atoms with van der Waals surface area (Å²) >= 11 is 0. The number of nitrogens with one attached hydrogen (secondary N) is 1. The maximum Gasteiger partial charge on any atom is 0.405 e. The Kier molecular flexibility index (Phi) is 4.32. The van der Waals surface area contributed by atoms with E-state index < -0.39 is 24.6 Å². The van der Waals surface area contributed by atoms with Gasteiger partial charge in [0.2, 0.25) is 5.91 Å². The van der Waals surface area contributed by atoms with Crippen LogP contribution in [0.15, 0.2) is 11.1 Å². The van der Waals surface area contributed by atoms with Crippen molar-refractivity contribution in [2.45, 2.75) is 20.0 Å². The van der Waals surface area contributed by atoms with Crippen LogP contribution in [0.2, 0.25) is 0 Å². The monoisotopic (exact) mass is 225 g/mol.